The summed E-state index contributed by atoms with van der Waals surface area (Å²) in [5.74, 6) is -4.40. The number of halogens is 3. The normalized spacial score (nSPS) is 14.8. The van der Waals surface area contributed by atoms with Gasteiger partial charge in [0.25, 0.3) is 0 Å². The smallest absolute Gasteiger partial charge is 0.382 e. The van der Waals surface area contributed by atoms with Gasteiger partial charge in [-0.25, -0.2) is 8.42 Å². The minimum Gasteiger partial charge on any atom is -0.382 e. The Bertz CT molecular complexity index is 1740. The Kier molecular flexibility index (Phi) is 14.3. The number of amides is 4. The van der Waals surface area contributed by atoms with Crippen LogP contribution in [0.3, 0.4) is 0 Å². The second kappa shape index (κ2) is 17.9. The highest BCUT2D eigenvalue weighted by Gasteiger charge is 2.44. The maximum absolute atomic E-state index is 13.6. The van der Waals surface area contributed by atoms with Crippen LogP contribution < -0.4 is 26.4 Å². The van der Waals surface area contributed by atoms with Crippen molar-refractivity contribution in [3.63, 3.8) is 0 Å². The van der Waals surface area contributed by atoms with Crippen molar-refractivity contribution in [1.29, 1.82) is 0 Å². The van der Waals surface area contributed by atoms with Gasteiger partial charge in [0.2, 0.25) is 33.7 Å². The number of nitrogens with two attached hydrogens (primary N) is 1. The van der Waals surface area contributed by atoms with Crippen molar-refractivity contribution < 1.29 is 45.9 Å². The molecule has 0 aliphatic rings. The first-order valence-corrected chi connectivity index (χ1v) is 17.5. The van der Waals surface area contributed by atoms with E-state index in [1.165, 1.54) is 19.1 Å². The third kappa shape index (κ3) is 12.2. The predicted octanol–water partition coefficient (Wildman–Crippen LogP) is 2.56. The maximum atomic E-state index is 13.6. The quantitative estimate of drug-likeness (QED) is 0.123. The SMILES string of the molecule is CC(NC(=O)C(Cc1ccccc1)NC(=O)C(NS(=O)(=O)c1ccc(-c2ccccc2)cc1)C(C)C)C(=O)NC(CCC(N)=O)C(O)C(F)(F)F. The number of hydrogen-bond donors (Lipinski definition) is 6. The van der Waals surface area contributed by atoms with Crippen LogP contribution in [0.1, 0.15) is 39.2 Å². The lowest BCUT2D eigenvalue weighted by Crippen LogP contribution is -2.59. The fraction of sp³-hybridized carbons (Fsp3) is 0.371. The lowest BCUT2D eigenvalue weighted by atomic mass is 10.0. The summed E-state index contributed by atoms with van der Waals surface area (Å²) in [6.07, 6.45) is -9.44. The van der Waals surface area contributed by atoms with Crippen molar-refractivity contribution in [2.24, 2.45) is 11.7 Å². The van der Waals surface area contributed by atoms with Crippen LogP contribution in [-0.4, -0.2) is 73.6 Å². The number of aliphatic hydroxyl groups is 1. The number of primary amides is 1. The highest BCUT2D eigenvalue weighted by molar-refractivity contribution is 7.89. The van der Waals surface area contributed by atoms with Crippen LogP contribution in [0.5, 0.6) is 0 Å². The van der Waals surface area contributed by atoms with Crippen molar-refractivity contribution in [2.75, 3.05) is 0 Å². The first-order chi connectivity index (χ1) is 23.9. The van der Waals surface area contributed by atoms with E-state index >= 15 is 0 Å². The molecule has 4 amide bonds. The second-order valence-corrected chi connectivity index (χ2v) is 14.0. The molecule has 0 aliphatic carbocycles. The number of nitrogens with one attached hydrogen (secondary N) is 4. The summed E-state index contributed by atoms with van der Waals surface area (Å²) in [7, 11) is -4.23. The summed E-state index contributed by atoms with van der Waals surface area (Å²) in [4.78, 5) is 51.1. The fourth-order valence-electron chi connectivity index (χ4n) is 5.03. The first kappa shape index (κ1) is 40.6. The Labute approximate surface area is 294 Å². The van der Waals surface area contributed by atoms with E-state index in [1.54, 1.807) is 56.3 Å². The van der Waals surface area contributed by atoms with Crippen molar-refractivity contribution in [3.05, 3.63) is 90.5 Å². The molecule has 3 aromatic carbocycles. The average molecular weight is 734 g/mol. The first-order valence-electron chi connectivity index (χ1n) is 16.0. The molecule has 0 radical (unpaired) electrons. The van der Waals surface area contributed by atoms with Crippen LogP contribution in [0.15, 0.2) is 89.8 Å². The van der Waals surface area contributed by atoms with Crippen LogP contribution in [0.2, 0.25) is 0 Å². The van der Waals surface area contributed by atoms with Gasteiger partial charge in [0.1, 0.15) is 18.1 Å². The standard InChI is InChI=1S/C35H42F3N5O7S/c1-21(2)30(43-51(49,50)26-16-14-25(15-17-26)24-12-8-5-9-13-24)34(48)42-28(20-23-10-6-4-7-11-23)33(47)40-22(3)32(46)41-27(18-19-29(39)44)31(45)35(36,37)38/h4-17,21-22,27-28,30-31,43,45H,18-20H2,1-3H3,(H2,39,44)(H,40,47)(H,41,46)(H,42,48). The van der Waals surface area contributed by atoms with E-state index in [9.17, 15) is 45.9 Å². The molecule has 3 rings (SSSR count). The average Bonchev–Trinajstić information content (AvgIpc) is 3.08. The lowest BCUT2D eigenvalue weighted by Gasteiger charge is -2.28. The molecule has 3 aromatic rings. The van der Waals surface area contributed by atoms with Crippen LogP contribution in [-0.2, 0) is 35.6 Å². The number of sulfonamides is 1. The van der Waals surface area contributed by atoms with E-state index in [-0.39, 0.29) is 11.3 Å². The van der Waals surface area contributed by atoms with Crippen molar-refractivity contribution in [1.82, 2.24) is 20.7 Å². The van der Waals surface area contributed by atoms with Gasteiger partial charge in [-0.2, -0.15) is 17.9 Å². The topological polar surface area (TPSA) is 197 Å². The summed E-state index contributed by atoms with van der Waals surface area (Å²) < 4.78 is 68.9. The van der Waals surface area contributed by atoms with Gasteiger partial charge < -0.3 is 26.8 Å². The highest BCUT2D eigenvalue weighted by Crippen LogP contribution is 2.25. The lowest BCUT2D eigenvalue weighted by molar-refractivity contribution is -0.212. The largest absolute Gasteiger partial charge is 0.416 e. The molecule has 0 aliphatic heterocycles. The molecule has 0 saturated carbocycles. The zero-order chi connectivity index (χ0) is 37.9. The summed E-state index contributed by atoms with van der Waals surface area (Å²) >= 11 is 0. The predicted molar refractivity (Wildman–Crippen MR) is 183 cm³/mol. The van der Waals surface area contributed by atoms with E-state index in [4.69, 9.17) is 5.73 Å². The molecular weight excluding hydrogens is 691 g/mol. The highest BCUT2D eigenvalue weighted by atomic mass is 32.2. The number of rotatable bonds is 17. The summed E-state index contributed by atoms with van der Waals surface area (Å²) in [5.41, 5.74) is 7.28. The summed E-state index contributed by atoms with van der Waals surface area (Å²) in [6, 6.07) is 17.7. The van der Waals surface area contributed by atoms with Crippen LogP contribution in [0.4, 0.5) is 13.2 Å². The zero-order valence-electron chi connectivity index (χ0n) is 28.2. The van der Waals surface area contributed by atoms with Gasteiger partial charge in [0, 0.05) is 12.8 Å². The molecule has 5 unspecified atom stereocenters. The third-order valence-electron chi connectivity index (χ3n) is 7.92. The molecule has 0 fully saturated rings. The van der Waals surface area contributed by atoms with Crippen LogP contribution >= 0.6 is 0 Å². The molecule has 0 bridgehead atoms. The Hall–Kier alpha value is -4.80. The molecule has 0 spiro atoms. The fourth-order valence-corrected chi connectivity index (χ4v) is 6.37. The molecule has 51 heavy (non-hydrogen) atoms. The molecule has 0 saturated heterocycles. The Morgan fingerprint density at radius 1 is 0.765 bits per heavy atom. The Morgan fingerprint density at radius 2 is 1.31 bits per heavy atom. The Morgan fingerprint density at radius 3 is 1.84 bits per heavy atom. The number of aliphatic hydroxyl groups excluding tert-OH is 1. The zero-order valence-corrected chi connectivity index (χ0v) is 29.0. The van der Waals surface area contributed by atoms with Gasteiger partial charge in [0.15, 0.2) is 6.10 Å². The van der Waals surface area contributed by atoms with Crippen molar-refractivity contribution in [2.45, 2.75) is 81.4 Å². The van der Waals surface area contributed by atoms with Gasteiger partial charge in [-0.05, 0) is 48.1 Å². The molecule has 0 heterocycles. The number of benzene rings is 3. The van der Waals surface area contributed by atoms with Gasteiger partial charge in [0.05, 0.1) is 10.9 Å². The molecule has 5 atom stereocenters. The van der Waals surface area contributed by atoms with Gasteiger partial charge in [-0.3, -0.25) is 19.2 Å². The van der Waals surface area contributed by atoms with E-state index in [0.717, 1.165) is 11.1 Å². The molecule has 7 N–H and O–H groups in total. The van der Waals surface area contributed by atoms with E-state index in [1.807, 2.05) is 35.6 Å². The molecule has 12 nitrogen and oxygen atoms in total. The Balaban J connectivity index is 1.78. The van der Waals surface area contributed by atoms with E-state index in [2.05, 4.69) is 15.4 Å². The van der Waals surface area contributed by atoms with Crippen LogP contribution in [0, 0.1) is 5.92 Å². The minimum absolute atomic E-state index is 0.0937. The van der Waals surface area contributed by atoms with Gasteiger partial charge >= 0.3 is 6.18 Å². The van der Waals surface area contributed by atoms with Crippen LogP contribution in [0.25, 0.3) is 11.1 Å². The number of hydrogen-bond acceptors (Lipinski definition) is 7. The second-order valence-electron chi connectivity index (χ2n) is 12.3. The number of alkyl halides is 3. The van der Waals surface area contributed by atoms with E-state index < -0.39 is 88.9 Å². The summed E-state index contributed by atoms with van der Waals surface area (Å²) in [6.45, 7) is 4.38. The summed E-state index contributed by atoms with van der Waals surface area (Å²) in [5, 5.41) is 16.7. The number of carbonyl (C=O) groups is 4. The molecule has 0 aromatic heterocycles. The monoisotopic (exact) mass is 733 g/mol. The van der Waals surface area contributed by atoms with Crippen molar-refractivity contribution >= 4 is 33.7 Å². The maximum Gasteiger partial charge on any atom is 0.416 e. The molecule has 276 valence electrons. The van der Waals surface area contributed by atoms with E-state index in [0.29, 0.717) is 5.56 Å². The minimum atomic E-state index is -5.13. The van der Waals surface area contributed by atoms with Gasteiger partial charge in [-0.15, -0.1) is 0 Å². The third-order valence-corrected chi connectivity index (χ3v) is 9.37. The van der Waals surface area contributed by atoms with Gasteiger partial charge in [-0.1, -0.05) is 86.6 Å². The molecule has 16 heteroatoms. The van der Waals surface area contributed by atoms with Crippen molar-refractivity contribution in [3.8, 4) is 11.1 Å². The number of carbonyl (C=O) groups excluding carboxylic acids is 4. The molecular formula is C35H42F3N5O7S.